The van der Waals surface area contributed by atoms with E-state index in [0.29, 0.717) is 30.8 Å². The van der Waals surface area contributed by atoms with Gasteiger partial charge in [0.1, 0.15) is 5.75 Å². The molecule has 3 aromatic rings. The minimum absolute atomic E-state index is 0.117. The first-order chi connectivity index (χ1) is 17.8. The Hall–Kier alpha value is -3.41. The number of rotatable bonds is 13. The fourth-order valence-electron chi connectivity index (χ4n) is 4.05. The molecule has 0 aliphatic rings. The van der Waals surface area contributed by atoms with Crippen molar-refractivity contribution in [1.29, 1.82) is 0 Å². The molecular formula is C32H38O5. The van der Waals surface area contributed by atoms with Crippen molar-refractivity contribution in [1.82, 2.24) is 0 Å². The summed E-state index contributed by atoms with van der Waals surface area (Å²) in [6, 6.07) is 23.0. The standard InChI is InChI=1S/C32H38O5/c1-5-24-19-26(25-9-7-6-8-10-25)11-13-29(24)27-12-14-30(36-18-16-32(4,21-33)22-34)28(20-27)15-17-37-31(35)23(2)3/h6-14,19-20,33-34H,2,5,15-18,21-22H2,1,3-4H3. The number of aliphatic hydroxyl groups is 2. The Labute approximate surface area is 220 Å². The SMILES string of the molecule is C=C(C)C(=O)OCCc1cc(-c2ccc(-c3ccccc3)cc2CC)ccc1OCCC(C)(CO)CO. The van der Waals surface area contributed by atoms with Gasteiger partial charge in [-0.05, 0) is 65.3 Å². The molecular weight excluding hydrogens is 464 g/mol. The summed E-state index contributed by atoms with van der Waals surface area (Å²) >= 11 is 0. The molecule has 0 spiro atoms. The summed E-state index contributed by atoms with van der Waals surface area (Å²) in [4.78, 5) is 11.9. The van der Waals surface area contributed by atoms with Gasteiger partial charge in [0.25, 0.3) is 0 Å². The molecule has 0 saturated heterocycles. The van der Waals surface area contributed by atoms with Crippen LogP contribution in [0.15, 0.2) is 78.9 Å². The Morgan fingerprint density at radius 3 is 2.22 bits per heavy atom. The number of hydrogen-bond donors (Lipinski definition) is 2. The van der Waals surface area contributed by atoms with Gasteiger partial charge in [-0.2, -0.15) is 0 Å². The lowest BCUT2D eigenvalue weighted by Crippen LogP contribution is -2.28. The van der Waals surface area contributed by atoms with Crippen LogP contribution in [0.1, 0.15) is 38.3 Å². The first-order valence-corrected chi connectivity index (χ1v) is 12.8. The van der Waals surface area contributed by atoms with E-state index in [1.807, 2.05) is 37.3 Å². The van der Waals surface area contributed by atoms with Crippen molar-refractivity contribution < 1.29 is 24.5 Å². The van der Waals surface area contributed by atoms with Crippen molar-refractivity contribution in [3.05, 3.63) is 90.0 Å². The second-order valence-corrected chi connectivity index (χ2v) is 9.81. The van der Waals surface area contributed by atoms with Crippen LogP contribution in [0.5, 0.6) is 5.75 Å². The summed E-state index contributed by atoms with van der Waals surface area (Å²) in [6.45, 7) is 9.57. The van der Waals surface area contributed by atoms with Crippen LogP contribution >= 0.6 is 0 Å². The maximum atomic E-state index is 11.9. The van der Waals surface area contributed by atoms with E-state index in [1.165, 1.54) is 16.7 Å². The number of ether oxygens (including phenoxy) is 2. The van der Waals surface area contributed by atoms with Crippen LogP contribution in [0.25, 0.3) is 22.3 Å². The highest BCUT2D eigenvalue weighted by molar-refractivity contribution is 5.86. The molecule has 0 amide bonds. The topological polar surface area (TPSA) is 76.0 Å². The molecule has 196 valence electrons. The summed E-state index contributed by atoms with van der Waals surface area (Å²) < 4.78 is 11.4. The number of hydrogen-bond acceptors (Lipinski definition) is 5. The third-order valence-corrected chi connectivity index (χ3v) is 6.64. The van der Waals surface area contributed by atoms with E-state index in [9.17, 15) is 15.0 Å². The van der Waals surface area contributed by atoms with Gasteiger partial charge in [-0.1, -0.05) is 75.0 Å². The molecule has 0 unspecified atom stereocenters. The largest absolute Gasteiger partial charge is 0.493 e. The quantitative estimate of drug-likeness (QED) is 0.221. The normalized spacial score (nSPS) is 11.3. The van der Waals surface area contributed by atoms with Crippen molar-refractivity contribution >= 4 is 5.97 Å². The van der Waals surface area contributed by atoms with Crippen molar-refractivity contribution in [3.8, 4) is 28.0 Å². The van der Waals surface area contributed by atoms with Crippen LogP contribution in [0.4, 0.5) is 0 Å². The fraction of sp³-hybridized carbons (Fsp3) is 0.344. The van der Waals surface area contributed by atoms with Gasteiger partial charge in [-0.25, -0.2) is 4.79 Å². The van der Waals surface area contributed by atoms with Gasteiger partial charge in [0.05, 0.1) is 26.4 Å². The number of carbonyl (C=O) groups is 1. The van der Waals surface area contributed by atoms with Crippen molar-refractivity contribution in [2.75, 3.05) is 26.4 Å². The second kappa shape index (κ2) is 13.2. The zero-order valence-corrected chi connectivity index (χ0v) is 22.1. The molecule has 0 heterocycles. The van der Waals surface area contributed by atoms with Crippen LogP contribution in [-0.2, 0) is 22.4 Å². The maximum absolute atomic E-state index is 11.9. The fourth-order valence-corrected chi connectivity index (χ4v) is 4.05. The summed E-state index contributed by atoms with van der Waals surface area (Å²) in [5.74, 6) is 0.289. The Balaban J connectivity index is 1.88. The number of carbonyl (C=O) groups excluding carboxylic acids is 1. The van der Waals surface area contributed by atoms with Gasteiger partial charge in [0.15, 0.2) is 0 Å². The molecule has 0 bridgehead atoms. The first kappa shape index (κ1) is 28.2. The highest BCUT2D eigenvalue weighted by Crippen LogP contribution is 2.33. The second-order valence-electron chi connectivity index (χ2n) is 9.81. The van der Waals surface area contributed by atoms with Crippen LogP contribution in [0, 0.1) is 5.41 Å². The smallest absolute Gasteiger partial charge is 0.333 e. The minimum atomic E-state index is -0.604. The van der Waals surface area contributed by atoms with E-state index in [0.717, 1.165) is 23.1 Å². The molecule has 0 radical (unpaired) electrons. The Kier molecular flexibility index (Phi) is 10.1. The molecule has 0 atom stereocenters. The maximum Gasteiger partial charge on any atom is 0.333 e. The van der Waals surface area contributed by atoms with E-state index in [4.69, 9.17) is 9.47 Å². The van der Waals surface area contributed by atoms with E-state index in [-0.39, 0.29) is 19.8 Å². The van der Waals surface area contributed by atoms with Crippen LogP contribution in [-0.4, -0.2) is 42.6 Å². The minimum Gasteiger partial charge on any atom is -0.493 e. The first-order valence-electron chi connectivity index (χ1n) is 12.8. The van der Waals surface area contributed by atoms with Crippen LogP contribution in [0.2, 0.25) is 0 Å². The number of aliphatic hydroxyl groups excluding tert-OH is 2. The highest BCUT2D eigenvalue weighted by atomic mass is 16.5. The average molecular weight is 503 g/mol. The predicted molar refractivity (Wildman–Crippen MR) is 149 cm³/mol. The number of aryl methyl sites for hydroxylation is 1. The zero-order chi connectivity index (χ0) is 26.8. The lowest BCUT2D eigenvalue weighted by molar-refractivity contribution is -0.138. The monoisotopic (exact) mass is 502 g/mol. The lowest BCUT2D eigenvalue weighted by Gasteiger charge is -2.24. The molecule has 37 heavy (non-hydrogen) atoms. The average Bonchev–Trinajstić information content (AvgIpc) is 2.93. The molecule has 3 aromatic carbocycles. The summed E-state index contributed by atoms with van der Waals surface area (Å²) in [5.41, 5.74) is 6.53. The van der Waals surface area contributed by atoms with E-state index in [1.54, 1.807) is 6.92 Å². The Morgan fingerprint density at radius 2 is 1.57 bits per heavy atom. The van der Waals surface area contributed by atoms with Gasteiger partial charge in [-0.3, -0.25) is 0 Å². The van der Waals surface area contributed by atoms with Gasteiger partial charge >= 0.3 is 5.97 Å². The molecule has 0 fully saturated rings. The third kappa shape index (κ3) is 7.54. The highest BCUT2D eigenvalue weighted by Gasteiger charge is 2.22. The Bertz CT molecular complexity index is 1200. The van der Waals surface area contributed by atoms with E-state index < -0.39 is 11.4 Å². The summed E-state index contributed by atoms with van der Waals surface area (Å²) in [6.07, 6.45) is 1.89. The Morgan fingerprint density at radius 1 is 0.892 bits per heavy atom. The molecule has 0 aliphatic heterocycles. The molecule has 0 aromatic heterocycles. The van der Waals surface area contributed by atoms with Gasteiger partial charge in [0.2, 0.25) is 0 Å². The van der Waals surface area contributed by atoms with Crippen LogP contribution < -0.4 is 4.74 Å². The molecule has 0 aliphatic carbocycles. The third-order valence-electron chi connectivity index (χ3n) is 6.64. The van der Waals surface area contributed by atoms with Gasteiger partial charge in [-0.15, -0.1) is 0 Å². The number of benzene rings is 3. The zero-order valence-electron chi connectivity index (χ0n) is 22.1. The van der Waals surface area contributed by atoms with E-state index in [2.05, 4.69) is 49.9 Å². The van der Waals surface area contributed by atoms with Gasteiger partial charge < -0.3 is 19.7 Å². The lowest BCUT2D eigenvalue weighted by atomic mass is 9.89. The summed E-state index contributed by atoms with van der Waals surface area (Å²) in [5, 5.41) is 19.2. The molecule has 3 rings (SSSR count). The molecule has 2 N–H and O–H groups in total. The molecule has 5 nitrogen and oxygen atoms in total. The van der Waals surface area contributed by atoms with Crippen molar-refractivity contribution in [2.24, 2.45) is 5.41 Å². The molecule has 0 saturated carbocycles. The molecule has 5 heteroatoms. The van der Waals surface area contributed by atoms with Crippen LogP contribution in [0.3, 0.4) is 0 Å². The summed E-state index contributed by atoms with van der Waals surface area (Å²) in [7, 11) is 0. The predicted octanol–water partition coefficient (Wildman–Crippen LogP) is 6.00. The van der Waals surface area contributed by atoms with Crippen molar-refractivity contribution in [3.63, 3.8) is 0 Å². The number of esters is 1. The van der Waals surface area contributed by atoms with Crippen molar-refractivity contribution in [2.45, 2.75) is 40.0 Å². The van der Waals surface area contributed by atoms with Gasteiger partial charge in [0, 0.05) is 17.4 Å². The van der Waals surface area contributed by atoms with E-state index >= 15 is 0 Å².